The van der Waals surface area contributed by atoms with Crippen LogP contribution in [0.3, 0.4) is 0 Å². The van der Waals surface area contributed by atoms with E-state index in [-0.39, 0.29) is 29.9 Å². The molecule has 0 aliphatic carbocycles. The van der Waals surface area contributed by atoms with E-state index in [2.05, 4.69) is 25.8 Å². The molecule has 7 heteroatoms. The molecule has 3 N–H and O–H groups in total. The van der Waals surface area contributed by atoms with Gasteiger partial charge in [-0.05, 0) is 12.3 Å². The molecule has 0 amide bonds. The second kappa shape index (κ2) is 4.78. The monoisotopic (exact) mass is 309 g/mol. The van der Waals surface area contributed by atoms with Crippen LogP contribution in [0.4, 0.5) is 5.82 Å². The maximum absolute atomic E-state index is 12.2. The van der Waals surface area contributed by atoms with Crippen LogP contribution < -0.4 is 11.4 Å². The van der Waals surface area contributed by atoms with E-state index in [4.69, 9.17) is 15.2 Å². The third-order valence-electron chi connectivity index (χ3n) is 4.70. The number of anilines is 1. The number of ether oxygens (including phenoxy) is 2. The Morgan fingerprint density at radius 1 is 1.55 bits per heavy atom. The average Bonchev–Trinajstić information content (AvgIpc) is 2.96. The van der Waals surface area contributed by atoms with E-state index in [9.17, 15) is 9.90 Å². The molecule has 7 nitrogen and oxygen atoms in total. The van der Waals surface area contributed by atoms with Crippen LogP contribution in [0.5, 0.6) is 0 Å². The van der Waals surface area contributed by atoms with E-state index in [0.29, 0.717) is 12.2 Å². The van der Waals surface area contributed by atoms with Crippen LogP contribution in [0.1, 0.15) is 32.6 Å². The summed E-state index contributed by atoms with van der Waals surface area (Å²) >= 11 is 0. The highest BCUT2D eigenvalue weighted by Crippen LogP contribution is 2.55. The van der Waals surface area contributed by atoms with Gasteiger partial charge >= 0.3 is 5.69 Å². The smallest absolute Gasteiger partial charge is 0.351 e. The molecular weight excluding hydrogens is 286 g/mol. The van der Waals surface area contributed by atoms with Gasteiger partial charge in [0.2, 0.25) is 0 Å². The lowest BCUT2D eigenvalue weighted by Crippen LogP contribution is -2.46. The van der Waals surface area contributed by atoms with Gasteiger partial charge in [0.1, 0.15) is 17.5 Å². The first-order valence-corrected chi connectivity index (χ1v) is 7.45. The summed E-state index contributed by atoms with van der Waals surface area (Å²) in [6, 6.07) is 0. The number of nitrogen functional groups attached to an aromatic ring is 1. The van der Waals surface area contributed by atoms with Crippen molar-refractivity contribution in [3.63, 3.8) is 0 Å². The van der Waals surface area contributed by atoms with Crippen molar-refractivity contribution < 1.29 is 14.6 Å². The van der Waals surface area contributed by atoms with Gasteiger partial charge in [0, 0.05) is 17.7 Å². The number of aliphatic hydroxyl groups is 1. The number of nitrogens with zero attached hydrogens (tertiary/aromatic N) is 2. The first-order chi connectivity index (χ1) is 10.2. The van der Waals surface area contributed by atoms with Crippen molar-refractivity contribution in [3.05, 3.63) is 22.2 Å². The Balaban J connectivity index is 2.06. The van der Waals surface area contributed by atoms with Crippen LogP contribution in [0.15, 0.2) is 11.0 Å². The van der Waals surface area contributed by atoms with Gasteiger partial charge in [0.15, 0.2) is 6.23 Å². The summed E-state index contributed by atoms with van der Waals surface area (Å²) in [5.41, 5.74) is 5.01. The van der Waals surface area contributed by atoms with E-state index in [0.717, 1.165) is 0 Å². The first kappa shape index (κ1) is 15.5. The molecule has 3 heterocycles. The van der Waals surface area contributed by atoms with Gasteiger partial charge < -0.3 is 20.3 Å². The molecule has 3 rings (SSSR count). The van der Waals surface area contributed by atoms with Crippen molar-refractivity contribution >= 4 is 5.82 Å². The van der Waals surface area contributed by atoms with E-state index < -0.39 is 17.5 Å². The fraction of sp³-hybridized carbons (Fsp3) is 0.733. The number of rotatable bonds is 2. The summed E-state index contributed by atoms with van der Waals surface area (Å²) in [5, 5.41) is 9.88. The topological polar surface area (TPSA) is 99.6 Å². The molecule has 0 spiro atoms. The molecular formula is C15H23N3O4. The molecule has 1 aromatic rings. The highest BCUT2D eigenvalue weighted by molar-refractivity contribution is 5.35. The van der Waals surface area contributed by atoms with Crippen LogP contribution in [-0.4, -0.2) is 39.6 Å². The quantitative estimate of drug-likeness (QED) is 0.823. The summed E-state index contributed by atoms with van der Waals surface area (Å²) in [6.45, 7) is 8.25. The first-order valence-electron chi connectivity index (χ1n) is 7.45. The number of aromatic nitrogens is 2. The Hall–Kier alpha value is -1.44. The van der Waals surface area contributed by atoms with E-state index >= 15 is 0 Å². The van der Waals surface area contributed by atoms with Crippen molar-refractivity contribution in [1.29, 1.82) is 0 Å². The molecule has 4 atom stereocenters. The zero-order valence-corrected chi connectivity index (χ0v) is 13.4. The Morgan fingerprint density at radius 2 is 2.23 bits per heavy atom. The molecule has 22 heavy (non-hydrogen) atoms. The molecule has 2 bridgehead atoms. The summed E-state index contributed by atoms with van der Waals surface area (Å²) in [7, 11) is 0. The minimum atomic E-state index is -0.775. The summed E-state index contributed by atoms with van der Waals surface area (Å²) < 4.78 is 13.4. The van der Waals surface area contributed by atoms with Crippen molar-refractivity contribution in [2.45, 2.75) is 45.6 Å². The van der Waals surface area contributed by atoms with Crippen molar-refractivity contribution in [2.24, 2.45) is 11.3 Å². The van der Waals surface area contributed by atoms with Crippen molar-refractivity contribution in [2.75, 3.05) is 18.9 Å². The molecule has 0 radical (unpaired) electrons. The number of nitrogens with two attached hydrogens (primary N) is 1. The lowest BCUT2D eigenvalue weighted by Gasteiger charge is -2.35. The van der Waals surface area contributed by atoms with Crippen LogP contribution in [0.2, 0.25) is 0 Å². The number of aliphatic hydroxyl groups excluding tert-OH is 1. The summed E-state index contributed by atoms with van der Waals surface area (Å²) in [5.74, 6) is 0.203. The van der Waals surface area contributed by atoms with Crippen LogP contribution >= 0.6 is 0 Å². The van der Waals surface area contributed by atoms with Crippen LogP contribution in [-0.2, 0) is 9.47 Å². The van der Waals surface area contributed by atoms with Gasteiger partial charge in [-0.15, -0.1) is 0 Å². The lowest BCUT2D eigenvalue weighted by molar-refractivity contribution is -0.187. The maximum Gasteiger partial charge on any atom is 0.351 e. The van der Waals surface area contributed by atoms with Gasteiger partial charge in [-0.1, -0.05) is 20.8 Å². The molecule has 1 aromatic heterocycles. The Bertz CT molecular complexity index is 651. The van der Waals surface area contributed by atoms with E-state index in [1.54, 1.807) is 13.1 Å². The zero-order valence-electron chi connectivity index (χ0n) is 13.4. The van der Waals surface area contributed by atoms with Crippen molar-refractivity contribution in [3.8, 4) is 0 Å². The number of hydrogen-bond donors (Lipinski definition) is 2. The van der Waals surface area contributed by atoms with Gasteiger partial charge in [-0.2, -0.15) is 4.98 Å². The van der Waals surface area contributed by atoms with Gasteiger partial charge in [0.05, 0.1) is 13.2 Å². The Morgan fingerprint density at radius 3 is 2.77 bits per heavy atom. The molecule has 2 aliphatic rings. The lowest BCUT2D eigenvalue weighted by atomic mass is 9.71. The molecule has 2 fully saturated rings. The fourth-order valence-electron chi connectivity index (χ4n) is 3.82. The molecule has 0 aromatic carbocycles. The Kier molecular flexibility index (Phi) is 3.36. The highest BCUT2D eigenvalue weighted by atomic mass is 16.6. The van der Waals surface area contributed by atoms with E-state index in [1.807, 2.05) is 0 Å². The standard InChI is InChI=1S/C15H23N3O4/c1-8-5-18(13(20)17-11(8)16)12-9-10(14(2,3)4)15(6-19,22-12)7-21-9/h5,9-10,12,19H,6-7H2,1-4H3,(H2,16,17,20)/t9?,10-,12+,15-/m0/s1. The summed E-state index contributed by atoms with van der Waals surface area (Å²) in [6.07, 6.45) is 0.753. The molecule has 2 aliphatic heterocycles. The van der Waals surface area contributed by atoms with Crippen molar-refractivity contribution in [1.82, 2.24) is 9.55 Å². The minimum absolute atomic E-state index is 0.0141. The van der Waals surface area contributed by atoms with Crippen LogP contribution in [0, 0.1) is 18.3 Å². The Labute approximate surface area is 129 Å². The van der Waals surface area contributed by atoms with Gasteiger partial charge in [-0.25, -0.2) is 4.79 Å². The second-order valence-corrected chi connectivity index (χ2v) is 7.35. The zero-order chi connectivity index (χ0) is 16.3. The largest absolute Gasteiger partial charge is 0.393 e. The number of hydrogen-bond acceptors (Lipinski definition) is 6. The number of aryl methyl sites for hydroxylation is 1. The molecule has 1 unspecified atom stereocenters. The predicted molar refractivity (Wildman–Crippen MR) is 80.3 cm³/mol. The average molecular weight is 309 g/mol. The third-order valence-corrected chi connectivity index (χ3v) is 4.70. The molecule has 0 saturated carbocycles. The fourth-order valence-corrected chi connectivity index (χ4v) is 3.82. The van der Waals surface area contributed by atoms with E-state index in [1.165, 1.54) is 4.57 Å². The normalized spacial score (nSPS) is 34.3. The minimum Gasteiger partial charge on any atom is -0.393 e. The third kappa shape index (κ3) is 2.07. The molecule has 2 saturated heterocycles. The second-order valence-electron chi connectivity index (χ2n) is 7.35. The number of fused-ring (bicyclic) bond motifs is 2. The predicted octanol–water partition coefficient (Wildman–Crippen LogP) is 0.455. The maximum atomic E-state index is 12.2. The van der Waals surface area contributed by atoms with Gasteiger partial charge in [0.25, 0.3) is 0 Å². The van der Waals surface area contributed by atoms with Gasteiger partial charge in [-0.3, -0.25) is 4.57 Å². The molecule has 122 valence electrons. The SMILES string of the molecule is Cc1cn([C@@H]2O[C@@]3(CO)COC2[C@H]3C(C)(C)C)c(=O)nc1N. The summed E-state index contributed by atoms with van der Waals surface area (Å²) in [4.78, 5) is 16.0. The highest BCUT2D eigenvalue weighted by Gasteiger charge is 2.65. The van der Waals surface area contributed by atoms with Crippen LogP contribution in [0.25, 0.3) is 0 Å².